The Morgan fingerprint density at radius 2 is 2.19 bits per heavy atom. The maximum Gasteiger partial charge on any atom is 0.263 e. The molecule has 0 bridgehead atoms. The average molecular weight is 328 g/mol. The number of aromatic nitrogens is 2. The maximum absolute atomic E-state index is 12.2. The van der Waals surface area contributed by atoms with Crippen molar-refractivity contribution in [3.63, 3.8) is 0 Å². The van der Waals surface area contributed by atoms with Gasteiger partial charge in [0.05, 0.1) is 11.7 Å². The lowest BCUT2D eigenvalue weighted by atomic mass is 10.1. The van der Waals surface area contributed by atoms with E-state index in [2.05, 4.69) is 10.4 Å². The second-order valence-corrected chi connectivity index (χ2v) is 7.14. The van der Waals surface area contributed by atoms with Gasteiger partial charge < -0.3 is 5.32 Å². The fourth-order valence-corrected chi connectivity index (χ4v) is 3.95. The Bertz CT molecular complexity index is 776. The molecule has 0 saturated carbocycles. The van der Waals surface area contributed by atoms with Crippen LogP contribution in [0.15, 0.2) is 22.5 Å². The zero-order chi connectivity index (χ0) is 15.8. The lowest BCUT2D eigenvalue weighted by Gasteiger charge is -2.13. The largest absolute Gasteiger partial charge is 0.345 e. The number of hydrogen-bond acceptors (Lipinski definition) is 5. The summed E-state index contributed by atoms with van der Waals surface area (Å²) in [5.74, 6) is -0.468. The summed E-state index contributed by atoms with van der Waals surface area (Å²) in [4.78, 5) is 12.2. The molecule has 0 fully saturated rings. The van der Waals surface area contributed by atoms with Gasteiger partial charge in [0.1, 0.15) is 9.77 Å². The highest BCUT2D eigenvalue weighted by Gasteiger charge is 2.23. The summed E-state index contributed by atoms with van der Waals surface area (Å²) in [7, 11) is -2.11. The van der Waals surface area contributed by atoms with E-state index in [4.69, 9.17) is 5.14 Å². The minimum atomic E-state index is -3.91. The third kappa shape index (κ3) is 3.31. The monoisotopic (exact) mass is 328 g/mol. The summed E-state index contributed by atoms with van der Waals surface area (Å²) >= 11 is 1.04. The van der Waals surface area contributed by atoms with Crippen molar-refractivity contribution in [2.24, 2.45) is 12.2 Å². The highest BCUT2D eigenvalue weighted by atomic mass is 32.2. The van der Waals surface area contributed by atoms with E-state index in [0.717, 1.165) is 22.6 Å². The van der Waals surface area contributed by atoms with Gasteiger partial charge in [-0.1, -0.05) is 0 Å². The van der Waals surface area contributed by atoms with E-state index in [9.17, 15) is 13.2 Å². The van der Waals surface area contributed by atoms with Gasteiger partial charge in [0.2, 0.25) is 10.0 Å². The zero-order valence-electron chi connectivity index (χ0n) is 11.8. The van der Waals surface area contributed by atoms with Gasteiger partial charge in [0.25, 0.3) is 5.91 Å². The smallest absolute Gasteiger partial charge is 0.263 e. The molecule has 0 aliphatic carbocycles. The van der Waals surface area contributed by atoms with E-state index in [-0.39, 0.29) is 15.8 Å². The van der Waals surface area contributed by atoms with Crippen LogP contribution in [0.25, 0.3) is 0 Å². The number of primary sulfonamides is 1. The number of thiophene rings is 1. The molecule has 0 radical (unpaired) electrons. The molecule has 1 unspecified atom stereocenters. The fourth-order valence-electron chi connectivity index (χ4n) is 2.07. The first-order valence-corrected chi connectivity index (χ1v) is 8.54. The number of rotatable bonds is 4. The molecule has 2 aromatic heterocycles. The minimum Gasteiger partial charge on any atom is -0.345 e. The number of amides is 1. The van der Waals surface area contributed by atoms with Gasteiger partial charge in [0.15, 0.2) is 0 Å². The van der Waals surface area contributed by atoms with Crippen LogP contribution >= 0.6 is 11.3 Å². The average Bonchev–Trinajstić information content (AvgIpc) is 2.94. The van der Waals surface area contributed by atoms with Crippen LogP contribution in [0.3, 0.4) is 0 Å². The van der Waals surface area contributed by atoms with Gasteiger partial charge in [-0.3, -0.25) is 9.48 Å². The summed E-state index contributed by atoms with van der Waals surface area (Å²) < 4.78 is 24.5. The molecule has 0 aliphatic heterocycles. The first-order chi connectivity index (χ1) is 9.70. The number of hydrogen-bond donors (Lipinski definition) is 2. The van der Waals surface area contributed by atoms with Gasteiger partial charge in [-0.2, -0.15) is 5.10 Å². The van der Waals surface area contributed by atoms with E-state index in [1.54, 1.807) is 11.7 Å². The van der Waals surface area contributed by atoms with Crippen molar-refractivity contribution in [3.05, 3.63) is 33.8 Å². The molecule has 1 atom stereocenters. The highest BCUT2D eigenvalue weighted by molar-refractivity contribution is 7.89. The molecule has 21 heavy (non-hydrogen) atoms. The van der Waals surface area contributed by atoms with Crippen molar-refractivity contribution < 1.29 is 13.2 Å². The van der Waals surface area contributed by atoms with Crippen molar-refractivity contribution in [2.45, 2.75) is 24.8 Å². The van der Waals surface area contributed by atoms with E-state index in [1.807, 2.05) is 20.0 Å². The predicted octanol–water partition coefficient (Wildman–Crippen LogP) is 0.928. The van der Waals surface area contributed by atoms with E-state index >= 15 is 0 Å². The van der Waals surface area contributed by atoms with Gasteiger partial charge in [-0.05, 0) is 25.3 Å². The van der Waals surface area contributed by atoms with Gasteiger partial charge in [-0.15, -0.1) is 11.3 Å². The van der Waals surface area contributed by atoms with Crippen LogP contribution < -0.4 is 10.5 Å². The van der Waals surface area contributed by atoms with Crippen molar-refractivity contribution in [1.29, 1.82) is 0 Å². The molecule has 114 valence electrons. The lowest BCUT2D eigenvalue weighted by molar-refractivity contribution is 0.0941. The lowest BCUT2D eigenvalue weighted by Crippen LogP contribution is -2.28. The number of nitrogens with two attached hydrogens (primary N) is 1. The summed E-state index contributed by atoms with van der Waals surface area (Å²) in [5.41, 5.74) is 1.68. The summed E-state index contributed by atoms with van der Waals surface area (Å²) in [5, 5.41) is 13.6. The predicted molar refractivity (Wildman–Crippen MR) is 79.5 cm³/mol. The number of carbonyl (C=O) groups excluding carboxylic acids is 1. The third-order valence-electron chi connectivity index (χ3n) is 3.01. The van der Waals surface area contributed by atoms with Crippen LogP contribution in [0.2, 0.25) is 0 Å². The molecule has 0 spiro atoms. The number of carbonyl (C=O) groups is 1. The molecule has 1 amide bonds. The number of nitrogens with one attached hydrogen (secondary N) is 1. The van der Waals surface area contributed by atoms with Gasteiger partial charge in [0, 0.05) is 18.8 Å². The molecule has 0 aromatic carbocycles. The Kier molecular flexibility index (Phi) is 4.17. The Morgan fingerprint density at radius 1 is 1.52 bits per heavy atom. The Balaban J connectivity index is 2.23. The molecule has 7 nitrogen and oxygen atoms in total. The second-order valence-electron chi connectivity index (χ2n) is 4.70. The molecule has 0 saturated heterocycles. The molecular weight excluding hydrogens is 312 g/mol. The quantitative estimate of drug-likeness (QED) is 0.870. The van der Waals surface area contributed by atoms with Crippen molar-refractivity contribution in [3.8, 4) is 0 Å². The molecule has 2 rings (SSSR count). The van der Waals surface area contributed by atoms with Crippen LogP contribution in [0, 0.1) is 6.92 Å². The second kappa shape index (κ2) is 5.58. The van der Waals surface area contributed by atoms with E-state index < -0.39 is 15.9 Å². The maximum atomic E-state index is 12.2. The fraction of sp³-hybridized carbons (Fsp3) is 0.333. The van der Waals surface area contributed by atoms with Gasteiger partial charge in [-0.25, -0.2) is 13.6 Å². The number of nitrogens with zero attached hydrogens (tertiary/aromatic N) is 2. The zero-order valence-corrected chi connectivity index (χ0v) is 13.5. The number of sulfonamides is 1. The van der Waals surface area contributed by atoms with E-state index in [0.29, 0.717) is 0 Å². The SMILES string of the molecule is Cc1nn(C)cc1C(C)NC(=O)c1sccc1S(N)(=O)=O. The Labute approximate surface area is 126 Å². The highest BCUT2D eigenvalue weighted by Crippen LogP contribution is 2.22. The molecule has 9 heteroatoms. The van der Waals surface area contributed by atoms with Crippen LogP contribution in [-0.2, 0) is 17.1 Å². The van der Waals surface area contributed by atoms with Crippen molar-refractivity contribution >= 4 is 27.3 Å². The van der Waals surface area contributed by atoms with E-state index in [1.165, 1.54) is 11.4 Å². The molecule has 0 aliphatic rings. The Morgan fingerprint density at radius 3 is 2.71 bits per heavy atom. The number of aryl methyl sites for hydroxylation is 2. The van der Waals surface area contributed by atoms with Crippen LogP contribution in [0.4, 0.5) is 0 Å². The summed E-state index contributed by atoms with van der Waals surface area (Å²) in [6, 6.07) is 1.04. The minimum absolute atomic E-state index is 0.0888. The first-order valence-electron chi connectivity index (χ1n) is 6.11. The van der Waals surface area contributed by atoms with Gasteiger partial charge >= 0.3 is 0 Å². The molecular formula is C12H16N4O3S2. The third-order valence-corrected chi connectivity index (χ3v) is 5.00. The standard InChI is InChI=1S/C12H16N4O3S2/c1-7(9-6-16(3)15-8(9)2)14-12(17)11-10(4-5-20-11)21(13,18)19/h4-7H,1-3H3,(H,14,17)(H2,13,18,19). The summed E-state index contributed by atoms with van der Waals surface area (Å²) in [6.07, 6.45) is 1.81. The first kappa shape index (κ1) is 15.7. The van der Waals surface area contributed by atoms with Crippen molar-refractivity contribution in [2.75, 3.05) is 0 Å². The summed E-state index contributed by atoms with van der Waals surface area (Å²) in [6.45, 7) is 3.66. The van der Waals surface area contributed by atoms with Crippen LogP contribution in [0.5, 0.6) is 0 Å². The molecule has 2 heterocycles. The molecule has 2 aromatic rings. The van der Waals surface area contributed by atoms with Crippen LogP contribution in [0.1, 0.15) is 33.9 Å². The van der Waals surface area contributed by atoms with Crippen molar-refractivity contribution in [1.82, 2.24) is 15.1 Å². The molecule has 3 N–H and O–H groups in total. The topological polar surface area (TPSA) is 107 Å². The Hall–Kier alpha value is -1.71. The van der Waals surface area contributed by atoms with Crippen LogP contribution in [-0.4, -0.2) is 24.1 Å². The normalized spacial score (nSPS) is 13.1.